The van der Waals surface area contributed by atoms with E-state index in [0.717, 1.165) is 23.9 Å². The number of piperazine rings is 1. The highest BCUT2D eigenvalue weighted by atomic mass is 15.2. The second-order valence-corrected chi connectivity index (χ2v) is 6.09. The van der Waals surface area contributed by atoms with Gasteiger partial charge in [-0.15, -0.1) is 0 Å². The van der Waals surface area contributed by atoms with E-state index >= 15 is 0 Å². The Morgan fingerprint density at radius 1 is 1.31 bits per heavy atom. The van der Waals surface area contributed by atoms with E-state index < -0.39 is 0 Å². The van der Waals surface area contributed by atoms with Crippen molar-refractivity contribution in [3.8, 4) is 0 Å². The van der Waals surface area contributed by atoms with Gasteiger partial charge in [-0.25, -0.2) is 0 Å². The van der Waals surface area contributed by atoms with Crippen LogP contribution in [0.15, 0.2) is 0 Å². The fourth-order valence-electron chi connectivity index (χ4n) is 2.80. The summed E-state index contributed by atoms with van der Waals surface area (Å²) in [4.78, 5) is 2.75. The van der Waals surface area contributed by atoms with Crippen LogP contribution < -0.4 is 5.32 Å². The van der Waals surface area contributed by atoms with E-state index in [4.69, 9.17) is 0 Å². The van der Waals surface area contributed by atoms with Gasteiger partial charge in [-0.05, 0) is 44.1 Å². The van der Waals surface area contributed by atoms with Gasteiger partial charge in [0, 0.05) is 25.2 Å². The molecule has 2 unspecified atom stereocenters. The van der Waals surface area contributed by atoms with Crippen LogP contribution in [0.1, 0.15) is 46.5 Å². The summed E-state index contributed by atoms with van der Waals surface area (Å²) in [5.74, 6) is 1.84. The highest BCUT2D eigenvalue weighted by Crippen LogP contribution is 2.34. The normalized spacial score (nSPS) is 32.2. The smallest absolute Gasteiger partial charge is 0.0224 e. The molecule has 2 atom stereocenters. The van der Waals surface area contributed by atoms with Crippen molar-refractivity contribution in [3.63, 3.8) is 0 Å². The SMILES string of the molecule is CCC1CNC(C2CC2)CN1CCC(C)C. The van der Waals surface area contributed by atoms with Crippen LogP contribution in [0, 0.1) is 11.8 Å². The van der Waals surface area contributed by atoms with Crippen LogP contribution in [0.2, 0.25) is 0 Å². The molecule has 2 rings (SSSR count). The van der Waals surface area contributed by atoms with Crippen molar-refractivity contribution in [1.82, 2.24) is 10.2 Å². The molecule has 1 heterocycles. The third-order valence-electron chi connectivity index (χ3n) is 4.22. The molecule has 2 fully saturated rings. The van der Waals surface area contributed by atoms with E-state index in [2.05, 4.69) is 31.0 Å². The van der Waals surface area contributed by atoms with E-state index in [9.17, 15) is 0 Å². The summed E-state index contributed by atoms with van der Waals surface area (Å²) in [6, 6.07) is 1.59. The second-order valence-electron chi connectivity index (χ2n) is 6.09. The minimum Gasteiger partial charge on any atom is -0.311 e. The summed E-state index contributed by atoms with van der Waals surface area (Å²) in [5, 5.41) is 3.76. The van der Waals surface area contributed by atoms with Crippen molar-refractivity contribution in [2.45, 2.75) is 58.5 Å². The summed E-state index contributed by atoms with van der Waals surface area (Å²) < 4.78 is 0. The summed E-state index contributed by atoms with van der Waals surface area (Å²) in [6.45, 7) is 10.8. The first-order valence-electron chi connectivity index (χ1n) is 7.18. The molecule has 0 radical (unpaired) electrons. The second kappa shape index (κ2) is 5.50. The number of hydrogen-bond acceptors (Lipinski definition) is 2. The first-order chi connectivity index (χ1) is 7.70. The predicted octanol–water partition coefficient (Wildman–Crippen LogP) is 2.49. The van der Waals surface area contributed by atoms with E-state index in [-0.39, 0.29) is 0 Å². The minimum atomic E-state index is 0.786. The zero-order valence-corrected chi connectivity index (χ0v) is 11.2. The van der Waals surface area contributed by atoms with E-state index in [0.29, 0.717) is 0 Å². The van der Waals surface area contributed by atoms with Crippen molar-refractivity contribution < 1.29 is 0 Å². The highest BCUT2D eigenvalue weighted by Gasteiger charge is 2.36. The molecule has 2 nitrogen and oxygen atoms in total. The molecule has 0 aromatic heterocycles. The Morgan fingerprint density at radius 2 is 2.06 bits per heavy atom. The molecule has 16 heavy (non-hydrogen) atoms. The fourth-order valence-corrected chi connectivity index (χ4v) is 2.80. The van der Waals surface area contributed by atoms with Crippen molar-refractivity contribution in [3.05, 3.63) is 0 Å². The molecule has 1 N–H and O–H groups in total. The topological polar surface area (TPSA) is 15.3 Å². The van der Waals surface area contributed by atoms with Crippen molar-refractivity contribution in [2.75, 3.05) is 19.6 Å². The maximum atomic E-state index is 3.76. The van der Waals surface area contributed by atoms with E-state index in [1.165, 1.54) is 45.3 Å². The number of rotatable bonds is 5. The Hall–Kier alpha value is -0.0800. The zero-order chi connectivity index (χ0) is 11.5. The quantitative estimate of drug-likeness (QED) is 0.772. The van der Waals surface area contributed by atoms with Gasteiger partial charge in [0.1, 0.15) is 0 Å². The molecular formula is C14H28N2. The third-order valence-corrected chi connectivity index (χ3v) is 4.22. The maximum Gasteiger partial charge on any atom is 0.0224 e. The van der Waals surface area contributed by atoms with Gasteiger partial charge >= 0.3 is 0 Å². The molecule has 1 aliphatic carbocycles. The van der Waals surface area contributed by atoms with Crippen LogP contribution in [-0.4, -0.2) is 36.6 Å². The Balaban J connectivity index is 1.83. The average Bonchev–Trinajstić information content (AvgIpc) is 3.09. The van der Waals surface area contributed by atoms with Gasteiger partial charge < -0.3 is 5.32 Å². The lowest BCUT2D eigenvalue weighted by Crippen LogP contribution is -2.57. The molecule has 1 aliphatic heterocycles. The van der Waals surface area contributed by atoms with Crippen LogP contribution in [0.3, 0.4) is 0 Å². The minimum absolute atomic E-state index is 0.786. The Morgan fingerprint density at radius 3 is 2.62 bits per heavy atom. The number of nitrogens with zero attached hydrogens (tertiary/aromatic N) is 1. The van der Waals surface area contributed by atoms with Gasteiger partial charge in [-0.1, -0.05) is 20.8 Å². The highest BCUT2D eigenvalue weighted by molar-refractivity contribution is 4.94. The Bertz CT molecular complexity index is 211. The molecule has 0 aromatic carbocycles. The molecule has 0 bridgehead atoms. The van der Waals surface area contributed by atoms with E-state index in [1.54, 1.807) is 0 Å². The summed E-state index contributed by atoms with van der Waals surface area (Å²) >= 11 is 0. The largest absolute Gasteiger partial charge is 0.311 e. The van der Waals surface area contributed by atoms with Gasteiger partial charge in [-0.3, -0.25) is 4.90 Å². The van der Waals surface area contributed by atoms with Crippen LogP contribution in [0.25, 0.3) is 0 Å². The number of nitrogens with one attached hydrogen (secondary N) is 1. The molecule has 1 saturated heterocycles. The maximum absolute atomic E-state index is 3.76. The zero-order valence-electron chi connectivity index (χ0n) is 11.2. The first-order valence-corrected chi connectivity index (χ1v) is 7.18. The van der Waals surface area contributed by atoms with Gasteiger partial charge in [0.15, 0.2) is 0 Å². The Kier molecular flexibility index (Phi) is 4.26. The van der Waals surface area contributed by atoms with Crippen LogP contribution in [0.4, 0.5) is 0 Å². The van der Waals surface area contributed by atoms with Crippen LogP contribution in [0.5, 0.6) is 0 Å². The summed E-state index contributed by atoms with van der Waals surface area (Å²) in [6.07, 6.45) is 5.58. The number of hydrogen-bond donors (Lipinski definition) is 1. The summed E-state index contributed by atoms with van der Waals surface area (Å²) in [7, 11) is 0. The van der Waals surface area contributed by atoms with Gasteiger partial charge in [0.25, 0.3) is 0 Å². The first kappa shape index (κ1) is 12.4. The monoisotopic (exact) mass is 224 g/mol. The molecule has 0 amide bonds. The van der Waals surface area contributed by atoms with Crippen molar-refractivity contribution in [2.24, 2.45) is 11.8 Å². The average molecular weight is 224 g/mol. The molecular weight excluding hydrogens is 196 g/mol. The molecule has 2 heteroatoms. The molecule has 2 aliphatic rings. The lowest BCUT2D eigenvalue weighted by Gasteiger charge is -2.40. The standard InChI is InChI=1S/C14H28N2/c1-4-13-9-15-14(12-5-6-12)10-16(13)8-7-11(2)3/h11-15H,4-10H2,1-3H3. The summed E-state index contributed by atoms with van der Waals surface area (Å²) in [5.41, 5.74) is 0. The van der Waals surface area contributed by atoms with Gasteiger partial charge in [-0.2, -0.15) is 0 Å². The fraction of sp³-hybridized carbons (Fsp3) is 1.00. The van der Waals surface area contributed by atoms with E-state index in [1.807, 2.05) is 0 Å². The van der Waals surface area contributed by atoms with Gasteiger partial charge in [0.2, 0.25) is 0 Å². The van der Waals surface area contributed by atoms with Crippen LogP contribution in [-0.2, 0) is 0 Å². The molecule has 0 spiro atoms. The van der Waals surface area contributed by atoms with Gasteiger partial charge in [0.05, 0.1) is 0 Å². The Labute approximate surface area is 101 Å². The lowest BCUT2D eigenvalue weighted by molar-refractivity contribution is 0.113. The molecule has 0 aromatic rings. The lowest BCUT2D eigenvalue weighted by atomic mass is 10.0. The van der Waals surface area contributed by atoms with Crippen molar-refractivity contribution in [1.29, 1.82) is 0 Å². The molecule has 94 valence electrons. The van der Waals surface area contributed by atoms with Crippen LogP contribution >= 0.6 is 0 Å². The predicted molar refractivity (Wildman–Crippen MR) is 69.6 cm³/mol. The molecule has 1 saturated carbocycles. The van der Waals surface area contributed by atoms with Crippen molar-refractivity contribution >= 4 is 0 Å². The third kappa shape index (κ3) is 3.21.